The molecule has 2 aromatic carbocycles. The molecule has 0 atom stereocenters. The van der Waals surface area contributed by atoms with E-state index < -0.39 is 5.91 Å². The van der Waals surface area contributed by atoms with Gasteiger partial charge >= 0.3 is 0 Å². The summed E-state index contributed by atoms with van der Waals surface area (Å²) < 4.78 is 5.60. The molecule has 136 valence electrons. The van der Waals surface area contributed by atoms with Gasteiger partial charge < -0.3 is 15.8 Å². The Kier molecular flexibility index (Phi) is 5.47. The number of carbonyl (C=O) groups is 2. The number of amides is 2. The van der Waals surface area contributed by atoms with E-state index in [1.165, 1.54) is 6.20 Å². The predicted octanol–water partition coefficient (Wildman–Crippen LogP) is 3.46. The minimum absolute atomic E-state index is 0.122. The first kappa shape index (κ1) is 18.1. The van der Waals surface area contributed by atoms with E-state index >= 15 is 0 Å². The molecule has 0 saturated heterocycles. The zero-order valence-corrected chi connectivity index (χ0v) is 14.8. The average Bonchev–Trinajstić information content (AvgIpc) is 2.65. The summed E-state index contributed by atoms with van der Waals surface area (Å²) in [4.78, 5) is 27.5. The average molecular weight is 361 g/mol. The van der Waals surface area contributed by atoms with E-state index in [9.17, 15) is 9.59 Å². The number of nitrogens with one attached hydrogen (secondary N) is 1. The minimum atomic E-state index is -0.528. The van der Waals surface area contributed by atoms with Gasteiger partial charge in [0.05, 0.1) is 18.3 Å². The van der Waals surface area contributed by atoms with Crippen LogP contribution in [0.25, 0.3) is 0 Å². The van der Waals surface area contributed by atoms with Crippen molar-refractivity contribution in [3.63, 3.8) is 0 Å². The van der Waals surface area contributed by atoms with E-state index in [2.05, 4.69) is 10.3 Å². The number of hydrogen-bond acceptors (Lipinski definition) is 4. The van der Waals surface area contributed by atoms with Crippen molar-refractivity contribution in [2.75, 3.05) is 5.32 Å². The fourth-order valence-corrected chi connectivity index (χ4v) is 2.44. The molecule has 2 amide bonds. The number of anilines is 1. The molecule has 1 heterocycles. The van der Waals surface area contributed by atoms with E-state index in [1.807, 2.05) is 31.2 Å². The van der Waals surface area contributed by atoms with Gasteiger partial charge in [-0.3, -0.25) is 9.59 Å². The van der Waals surface area contributed by atoms with E-state index in [1.54, 1.807) is 36.4 Å². The van der Waals surface area contributed by atoms with Gasteiger partial charge in [-0.2, -0.15) is 0 Å². The lowest BCUT2D eigenvalue weighted by Gasteiger charge is -2.08. The molecule has 0 aliphatic rings. The third-order valence-corrected chi connectivity index (χ3v) is 3.85. The van der Waals surface area contributed by atoms with E-state index in [0.717, 1.165) is 11.1 Å². The third-order valence-electron chi connectivity index (χ3n) is 3.85. The Hall–Kier alpha value is -3.67. The van der Waals surface area contributed by atoms with Crippen LogP contribution in [0.5, 0.6) is 11.6 Å². The molecule has 3 aromatic rings. The number of ether oxygens (including phenoxy) is 1. The zero-order chi connectivity index (χ0) is 19.2. The summed E-state index contributed by atoms with van der Waals surface area (Å²) in [7, 11) is 0. The number of carbonyl (C=O) groups excluding carboxylic acids is 2. The molecular weight excluding hydrogens is 342 g/mol. The van der Waals surface area contributed by atoms with Gasteiger partial charge in [0.25, 0.3) is 0 Å². The highest BCUT2D eigenvalue weighted by Crippen LogP contribution is 2.21. The lowest BCUT2D eigenvalue weighted by atomic mass is 10.1. The van der Waals surface area contributed by atoms with Crippen molar-refractivity contribution in [3.8, 4) is 11.6 Å². The molecule has 0 aliphatic heterocycles. The molecule has 0 fully saturated rings. The molecule has 0 aliphatic carbocycles. The first-order chi connectivity index (χ1) is 13.0. The first-order valence-corrected chi connectivity index (χ1v) is 8.39. The largest absolute Gasteiger partial charge is 0.439 e. The van der Waals surface area contributed by atoms with Crippen LogP contribution < -0.4 is 15.8 Å². The maximum absolute atomic E-state index is 12.1. The maximum Gasteiger partial charge on any atom is 0.248 e. The third kappa shape index (κ3) is 5.15. The van der Waals surface area contributed by atoms with Crippen molar-refractivity contribution in [2.24, 2.45) is 5.73 Å². The summed E-state index contributed by atoms with van der Waals surface area (Å²) in [5.41, 5.74) is 8.28. The SMILES string of the molecule is Cc1ccc(CC(=O)Nc2ccc(Oc3cccc(C(N)=O)c3)nc2)cc1. The van der Waals surface area contributed by atoms with Crippen molar-refractivity contribution in [2.45, 2.75) is 13.3 Å². The van der Waals surface area contributed by atoms with Gasteiger partial charge in [-0.1, -0.05) is 35.9 Å². The Labute approximate surface area is 157 Å². The van der Waals surface area contributed by atoms with Crippen molar-refractivity contribution >= 4 is 17.5 Å². The van der Waals surface area contributed by atoms with E-state index in [-0.39, 0.29) is 5.91 Å². The van der Waals surface area contributed by atoms with Gasteiger partial charge in [0, 0.05) is 11.6 Å². The van der Waals surface area contributed by atoms with Gasteiger partial charge in [0.1, 0.15) is 5.75 Å². The predicted molar refractivity (Wildman–Crippen MR) is 103 cm³/mol. The molecule has 1 aromatic heterocycles. The number of hydrogen-bond donors (Lipinski definition) is 2. The summed E-state index contributed by atoms with van der Waals surface area (Å²) in [6.07, 6.45) is 1.80. The zero-order valence-electron chi connectivity index (χ0n) is 14.8. The Bertz CT molecular complexity index is 951. The molecule has 6 nitrogen and oxygen atoms in total. The summed E-state index contributed by atoms with van der Waals surface area (Å²) in [5, 5.41) is 2.80. The Morgan fingerprint density at radius 1 is 1.07 bits per heavy atom. The van der Waals surface area contributed by atoms with Crippen molar-refractivity contribution < 1.29 is 14.3 Å². The Morgan fingerprint density at radius 3 is 2.52 bits per heavy atom. The number of rotatable bonds is 6. The number of aromatic nitrogens is 1. The van der Waals surface area contributed by atoms with Crippen LogP contribution >= 0.6 is 0 Å². The smallest absolute Gasteiger partial charge is 0.248 e. The molecule has 0 bridgehead atoms. The quantitative estimate of drug-likeness (QED) is 0.703. The summed E-state index contributed by atoms with van der Waals surface area (Å²) >= 11 is 0. The van der Waals surface area contributed by atoms with E-state index in [4.69, 9.17) is 10.5 Å². The van der Waals surface area contributed by atoms with Crippen LogP contribution in [0.4, 0.5) is 5.69 Å². The highest BCUT2D eigenvalue weighted by molar-refractivity contribution is 5.93. The fraction of sp³-hybridized carbons (Fsp3) is 0.0952. The van der Waals surface area contributed by atoms with Crippen LogP contribution in [0.3, 0.4) is 0 Å². The number of benzene rings is 2. The number of aryl methyl sites for hydroxylation is 1. The molecule has 0 unspecified atom stereocenters. The lowest BCUT2D eigenvalue weighted by molar-refractivity contribution is -0.115. The van der Waals surface area contributed by atoms with Gasteiger partial charge in [-0.15, -0.1) is 0 Å². The Balaban J connectivity index is 1.60. The molecule has 3 rings (SSSR count). The van der Waals surface area contributed by atoms with Gasteiger partial charge in [0.15, 0.2) is 0 Å². The molecule has 0 saturated carbocycles. The van der Waals surface area contributed by atoms with Crippen LogP contribution in [0.2, 0.25) is 0 Å². The number of nitrogens with two attached hydrogens (primary N) is 1. The molecule has 27 heavy (non-hydrogen) atoms. The summed E-state index contributed by atoms with van der Waals surface area (Å²) in [6.45, 7) is 2.00. The molecule has 6 heteroatoms. The normalized spacial score (nSPS) is 10.3. The first-order valence-electron chi connectivity index (χ1n) is 8.39. The van der Waals surface area contributed by atoms with Gasteiger partial charge in [-0.05, 0) is 36.8 Å². The second-order valence-electron chi connectivity index (χ2n) is 6.09. The van der Waals surface area contributed by atoms with Crippen LogP contribution in [0.1, 0.15) is 21.5 Å². The molecular formula is C21H19N3O3. The Morgan fingerprint density at radius 2 is 1.85 bits per heavy atom. The topological polar surface area (TPSA) is 94.3 Å². The fourth-order valence-electron chi connectivity index (χ4n) is 2.44. The highest BCUT2D eigenvalue weighted by atomic mass is 16.5. The van der Waals surface area contributed by atoms with Crippen LogP contribution in [-0.4, -0.2) is 16.8 Å². The van der Waals surface area contributed by atoms with Crippen molar-refractivity contribution in [1.29, 1.82) is 0 Å². The standard InChI is InChI=1S/C21H19N3O3/c1-14-5-7-15(8-6-14)11-19(25)24-17-9-10-20(23-13-17)27-18-4-2-3-16(12-18)21(22)26/h2-10,12-13H,11H2,1H3,(H2,22,26)(H,24,25). The summed E-state index contributed by atoms with van der Waals surface area (Å²) in [5.74, 6) is 0.145. The second kappa shape index (κ2) is 8.14. The molecule has 0 spiro atoms. The molecule has 3 N–H and O–H groups in total. The van der Waals surface area contributed by atoms with Gasteiger partial charge in [0.2, 0.25) is 17.7 Å². The maximum atomic E-state index is 12.1. The summed E-state index contributed by atoms with van der Waals surface area (Å²) in [6, 6.07) is 17.7. The minimum Gasteiger partial charge on any atom is -0.439 e. The highest BCUT2D eigenvalue weighted by Gasteiger charge is 2.07. The van der Waals surface area contributed by atoms with Crippen molar-refractivity contribution in [3.05, 3.63) is 83.6 Å². The van der Waals surface area contributed by atoms with Crippen LogP contribution in [0.15, 0.2) is 66.9 Å². The van der Waals surface area contributed by atoms with Crippen LogP contribution in [-0.2, 0) is 11.2 Å². The monoisotopic (exact) mass is 361 g/mol. The number of nitrogens with zero attached hydrogens (tertiary/aromatic N) is 1. The van der Waals surface area contributed by atoms with Crippen molar-refractivity contribution in [1.82, 2.24) is 4.98 Å². The molecule has 0 radical (unpaired) electrons. The number of primary amides is 1. The van der Waals surface area contributed by atoms with Gasteiger partial charge in [-0.25, -0.2) is 4.98 Å². The van der Waals surface area contributed by atoms with E-state index in [0.29, 0.717) is 29.3 Å². The number of pyridine rings is 1. The lowest BCUT2D eigenvalue weighted by Crippen LogP contribution is -2.14. The second-order valence-corrected chi connectivity index (χ2v) is 6.09. The van der Waals surface area contributed by atoms with Crippen LogP contribution in [0, 0.1) is 6.92 Å².